The molecule has 2 aromatic rings. The molecule has 2 rings (SSSR count). The molecule has 1 unspecified atom stereocenters. The molecule has 5 heteroatoms. The lowest BCUT2D eigenvalue weighted by Gasteiger charge is -2.30. The third-order valence-corrected chi connectivity index (χ3v) is 3.91. The fraction of sp³-hybridized carbons (Fsp3) is 0.300. The molecule has 0 fully saturated rings. The van der Waals surface area contributed by atoms with Crippen LogP contribution in [0.15, 0.2) is 60.7 Å². The van der Waals surface area contributed by atoms with Crippen molar-refractivity contribution in [3.8, 4) is 0 Å². The van der Waals surface area contributed by atoms with Crippen LogP contribution in [-0.4, -0.2) is 35.0 Å². The largest absolute Gasteiger partial charge is 0.396 e. The van der Waals surface area contributed by atoms with Gasteiger partial charge in [-0.3, -0.25) is 9.59 Å². The molecule has 0 saturated heterocycles. The second-order valence-electron chi connectivity index (χ2n) is 5.81. The second-order valence-corrected chi connectivity index (χ2v) is 5.81. The number of amides is 2. The van der Waals surface area contributed by atoms with Gasteiger partial charge in [0.25, 0.3) is 0 Å². The summed E-state index contributed by atoms with van der Waals surface area (Å²) in [4.78, 5) is 26.6. The molecule has 5 nitrogen and oxygen atoms in total. The molecule has 2 N–H and O–H groups in total. The zero-order valence-electron chi connectivity index (χ0n) is 14.4. The van der Waals surface area contributed by atoms with Crippen molar-refractivity contribution in [1.29, 1.82) is 0 Å². The molecular formula is C20H24N2O3. The lowest BCUT2D eigenvalue weighted by molar-refractivity contribution is -0.140. The van der Waals surface area contributed by atoms with Crippen LogP contribution >= 0.6 is 0 Å². The smallest absolute Gasteiger partial charge is 0.247 e. The first-order valence-electron chi connectivity index (χ1n) is 8.38. The van der Waals surface area contributed by atoms with E-state index in [1.54, 1.807) is 4.90 Å². The Balaban J connectivity index is 2.29. The highest BCUT2D eigenvalue weighted by Crippen LogP contribution is 2.23. The Morgan fingerprint density at radius 3 is 2.20 bits per heavy atom. The molecule has 132 valence electrons. The summed E-state index contributed by atoms with van der Waals surface area (Å²) >= 11 is 0. The molecule has 0 spiro atoms. The summed E-state index contributed by atoms with van der Waals surface area (Å²) in [6.07, 6.45) is 0.478. The monoisotopic (exact) mass is 340 g/mol. The molecule has 2 aromatic carbocycles. The van der Waals surface area contributed by atoms with E-state index in [4.69, 9.17) is 5.11 Å². The molecule has 0 aliphatic heterocycles. The van der Waals surface area contributed by atoms with Gasteiger partial charge < -0.3 is 15.3 Å². The van der Waals surface area contributed by atoms with E-state index in [1.807, 2.05) is 60.7 Å². The lowest BCUT2D eigenvalue weighted by atomic mass is 10.0. The van der Waals surface area contributed by atoms with Crippen LogP contribution in [-0.2, 0) is 16.1 Å². The summed E-state index contributed by atoms with van der Waals surface area (Å²) in [5.41, 5.74) is 1.72. The Labute approximate surface area is 148 Å². The summed E-state index contributed by atoms with van der Waals surface area (Å²) in [7, 11) is 0. The number of nitrogens with zero attached hydrogens (tertiary/aromatic N) is 1. The highest BCUT2D eigenvalue weighted by Gasteiger charge is 2.29. The number of benzene rings is 2. The average Bonchev–Trinajstić information content (AvgIpc) is 2.63. The van der Waals surface area contributed by atoms with Gasteiger partial charge in [0.15, 0.2) is 0 Å². The minimum Gasteiger partial charge on any atom is -0.396 e. The molecular weight excluding hydrogens is 316 g/mol. The van der Waals surface area contributed by atoms with Gasteiger partial charge in [0.2, 0.25) is 11.8 Å². The summed E-state index contributed by atoms with van der Waals surface area (Å²) in [6.45, 7) is 2.20. The van der Waals surface area contributed by atoms with Gasteiger partial charge in [-0.05, 0) is 17.5 Å². The van der Waals surface area contributed by atoms with E-state index in [2.05, 4.69) is 5.32 Å². The highest BCUT2D eigenvalue weighted by atomic mass is 16.3. The maximum Gasteiger partial charge on any atom is 0.247 e. The van der Waals surface area contributed by atoms with Gasteiger partial charge in [-0.1, -0.05) is 60.7 Å². The van der Waals surface area contributed by atoms with Crippen molar-refractivity contribution in [2.75, 3.05) is 13.2 Å². The lowest BCUT2D eigenvalue weighted by Crippen LogP contribution is -2.42. The van der Waals surface area contributed by atoms with Crippen molar-refractivity contribution < 1.29 is 14.7 Å². The van der Waals surface area contributed by atoms with Gasteiger partial charge in [-0.2, -0.15) is 0 Å². The fourth-order valence-corrected chi connectivity index (χ4v) is 2.66. The Morgan fingerprint density at radius 1 is 1.04 bits per heavy atom. The number of aliphatic hydroxyl groups excluding tert-OH is 1. The van der Waals surface area contributed by atoms with Crippen molar-refractivity contribution in [2.24, 2.45) is 0 Å². The van der Waals surface area contributed by atoms with Crippen molar-refractivity contribution in [3.63, 3.8) is 0 Å². The van der Waals surface area contributed by atoms with Gasteiger partial charge in [-0.25, -0.2) is 0 Å². The van der Waals surface area contributed by atoms with Crippen LogP contribution in [0.5, 0.6) is 0 Å². The number of aliphatic hydroxyl groups is 1. The van der Waals surface area contributed by atoms with E-state index in [9.17, 15) is 9.59 Å². The van der Waals surface area contributed by atoms with Gasteiger partial charge in [-0.15, -0.1) is 0 Å². The van der Waals surface area contributed by atoms with Gasteiger partial charge in [0, 0.05) is 26.6 Å². The normalized spacial score (nSPS) is 11.6. The van der Waals surface area contributed by atoms with E-state index in [0.717, 1.165) is 11.1 Å². The number of hydrogen-bond acceptors (Lipinski definition) is 3. The highest BCUT2D eigenvalue weighted by molar-refractivity contribution is 5.88. The summed E-state index contributed by atoms with van der Waals surface area (Å²) in [5.74, 6) is -0.416. The van der Waals surface area contributed by atoms with Crippen molar-refractivity contribution >= 4 is 11.8 Å². The van der Waals surface area contributed by atoms with E-state index < -0.39 is 6.04 Å². The molecule has 2 amide bonds. The number of carbonyl (C=O) groups excluding carboxylic acids is 2. The topological polar surface area (TPSA) is 69.6 Å². The van der Waals surface area contributed by atoms with Crippen LogP contribution in [0.25, 0.3) is 0 Å². The molecule has 1 atom stereocenters. The zero-order chi connectivity index (χ0) is 18.1. The Morgan fingerprint density at radius 2 is 1.64 bits per heavy atom. The van der Waals surface area contributed by atoms with Crippen LogP contribution in [0.2, 0.25) is 0 Å². The standard InChI is InChI=1S/C20H24N2O3/c1-16(24)22(15-17-9-4-2-5-10-17)19(18-11-6-3-7-12-18)20(25)21-13-8-14-23/h2-7,9-12,19,23H,8,13-15H2,1H3,(H,21,25). The predicted octanol–water partition coefficient (Wildman–Crippen LogP) is 2.28. The third kappa shape index (κ3) is 5.43. The van der Waals surface area contributed by atoms with Gasteiger partial charge in [0.05, 0.1) is 0 Å². The minimum atomic E-state index is -0.711. The number of nitrogens with one attached hydrogen (secondary N) is 1. The first-order valence-corrected chi connectivity index (χ1v) is 8.38. The predicted molar refractivity (Wildman–Crippen MR) is 96.6 cm³/mol. The van der Waals surface area contributed by atoms with Crippen LogP contribution < -0.4 is 5.32 Å². The van der Waals surface area contributed by atoms with Crippen molar-refractivity contribution in [3.05, 3.63) is 71.8 Å². The van der Waals surface area contributed by atoms with Crippen LogP contribution in [0, 0.1) is 0 Å². The number of carbonyl (C=O) groups is 2. The van der Waals surface area contributed by atoms with Gasteiger partial charge >= 0.3 is 0 Å². The maximum absolute atomic E-state index is 12.8. The van der Waals surface area contributed by atoms with E-state index >= 15 is 0 Å². The van der Waals surface area contributed by atoms with Crippen LogP contribution in [0.1, 0.15) is 30.5 Å². The van der Waals surface area contributed by atoms with E-state index in [-0.39, 0.29) is 18.4 Å². The van der Waals surface area contributed by atoms with Crippen LogP contribution in [0.4, 0.5) is 0 Å². The quantitative estimate of drug-likeness (QED) is 0.724. The average molecular weight is 340 g/mol. The summed E-state index contributed by atoms with van der Waals surface area (Å²) < 4.78 is 0. The second kappa shape index (κ2) is 9.59. The molecule has 25 heavy (non-hydrogen) atoms. The molecule has 0 aromatic heterocycles. The molecule has 0 saturated carbocycles. The molecule has 0 radical (unpaired) electrons. The molecule has 0 bridgehead atoms. The SMILES string of the molecule is CC(=O)N(Cc1ccccc1)C(C(=O)NCCCO)c1ccccc1. The van der Waals surface area contributed by atoms with Crippen molar-refractivity contribution in [1.82, 2.24) is 10.2 Å². The fourth-order valence-electron chi connectivity index (χ4n) is 2.66. The molecule has 0 aliphatic rings. The minimum absolute atomic E-state index is 0.0106. The zero-order valence-corrected chi connectivity index (χ0v) is 14.4. The first-order chi connectivity index (χ1) is 12.1. The van der Waals surface area contributed by atoms with Crippen molar-refractivity contribution in [2.45, 2.75) is 25.9 Å². The molecule has 0 heterocycles. The Kier molecular flexibility index (Phi) is 7.16. The van der Waals surface area contributed by atoms with E-state index in [1.165, 1.54) is 6.92 Å². The summed E-state index contributed by atoms with van der Waals surface area (Å²) in [6, 6.07) is 18.2. The Hall–Kier alpha value is -2.66. The Bertz CT molecular complexity index is 674. The first kappa shape index (κ1) is 18.7. The summed E-state index contributed by atoms with van der Waals surface area (Å²) in [5, 5.41) is 11.7. The number of rotatable bonds is 8. The maximum atomic E-state index is 12.8. The van der Waals surface area contributed by atoms with Crippen LogP contribution in [0.3, 0.4) is 0 Å². The molecule has 0 aliphatic carbocycles. The third-order valence-electron chi connectivity index (χ3n) is 3.91. The van der Waals surface area contributed by atoms with E-state index in [0.29, 0.717) is 19.5 Å². The van der Waals surface area contributed by atoms with Gasteiger partial charge in [0.1, 0.15) is 6.04 Å². The number of hydrogen-bond donors (Lipinski definition) is 2.